The average molecular weight is 1980 g/mol. The van der Waals surface area contributed by atoms with Crippen molar-refractivity contribution in [2.75, 3.05) is 0 Å². The molecule has 1 aliphatic rings. The zero-order valence-electron chi connectivity index (χ0n) is 53.4. The Morgan fingerprint density at radius 1 is 0.306 bits per heavy atom. The van der Waals surface area contributed by atoms with E-state index in [4.69, 9.17) is 0 Å². The van der Waals surface area contributed by atoms with Gasteiger partial charge in [-0.2, -0.15) is 17.2 Å². The molecule has 0 spiro atoms. The summed E-state index contributed by atoms with van der Waals surface area (Å²) in [6.07, 6.45) is 12.8. The van der Waals surface area contributed by atoms with Crippen LogP contribution in [0.2, 0.25) is 0 Å². The summed E-state index contributed by atoms with van der Waals surface area (Å²) in [6.45, 7) is 4.56. The molecule has 4 radical (unpaired) electrons. The monoisotopic (exact) mass is 1980 g/mol. The number of hydrogen-bond donors (Lipinski definition) is 0. The first-order chi connectivity index (χ1) is 46.4. The molecule has 17 rings (SSSR count). The Morgan fingerprint density at radius 3 is 1.23 bits per heavy atom. The van der Waals surface area contributed by atoms with Gasteiger partial charge in [0.25, 0.3) is 0 Å². The van der Waals surface area contributed by atoms with Crippen molar-refractivity contribution in [2.24, 2.45) is 0 Å². The van der Waals surface area contributed by atoms with Crippen LogP contribution in [-0.2, 0) is 85.8 Å². The summed E-state index contributed by atoms with van der Waals surface area (Å²) in [4.78, 5) is 21.7. The topological polar surface area (TPSA) is 82.3 Å². The Morgan fingerprint density at radius 2 is 0.755 bits per heavy atom. The van der Waals surface area contributed by atoms with Gasteiger partial charge in [0.2, 0.25) is 0 Å². The number of pyridine rings is 5. The summed E-state index contributed by atoms with van der Waals surface area (Å²) in [5.41, 5.74) is 18.9. The van der Waals surface area contributed by atoms with Crippen LogP contribution < -0.4 is 0 Å². The third kappa shape index (κ3) is 19.1. The molecule has 0 unspecified atom stereocenters. The number of aromatic nitrogens is 7. The predicted octanol–water partition coefficient (Wildman–Crippen LogP) is 20.7. The normalized spacial score (nSPS) is 10.7. The van der Waals surface area contributed by atoms with Crippen LogP contribution in [0.3, 0.4) is 0 Å². The van der Waals surface area contributed by atoms with Crippen LogP contribution in [0, 0.1) is 36.4 Å². The van der Waals surface area contributed by atoms with Gasteiger partial charge in [0.05, 0.1) is 0 Å². The van der Waals surface area contributed by atoms with Gasteiger partial charge in [-0.15, -0.1) is 196 Å². The van der Waals surface area contributed by atoms with Gasteiger partial charge in [-0.25, -0.2) is 0 Å². The van der Waals surface area contributed by atoms with Gasteiger partial charge >= 0.3 is 0 Å². The van der Waals surface area contributed by atoms with Gasteiger partial charge in [0.1, 0.15) is 0 Å². The van der Waals surface area contributed by atoms with Gasteiger partial charge in [0, 0.05) is 124 Å². The van der Waals surface area contributed by atoms with Crippen LogP contribution >= 0.6 is 0 Å². The number of hydrogen-bond acceptors (Lipinski definition) is 6. The smallest absolute Gasteiger partial charge is 0.0493 e. The molecule has 488 valence electrons. The van der Waals surface area contributed by atoms with Crippen LogP contribution in [0.15, 0.2) is 347 Å². The van der Waals surface area contributed by atoms with Crippen molar-refractivity contribution in [3.8, 4) is 84.2 Å². The molecule has 0 fully saturated rings. The molecule has 7 nitrogen and oxygen atoms in total. The van der Waals surface area contributed by atoms with E-state index in [1.807, 2.05) is 242 Å². The molecule has 6 aromatic heterocycles. The molecule has 10 aromatic carbocycles. The zero-order chi connectivity index (χ0) is 64.0. The molecule has 0 bridgehead atoms. The zero-order valence-corrected chi connectivity index (χ0v) is 63.0. The first-order valence-electron chi connectivity index (χ1n) is 31.0. The van der Waals surface area contributed by atoms with Gasteiger partial charge in [-0.1, -0.05) is 159 Å². The second-order valence-electron chi connectivity index (χ2n) is 22.1. The molecule has 6 heterocycles. The third-order valence-corrected chi connectivity index (χ3v) is 15.7. The van der Waals surface area contributed by atoms with E-state index >= 15 is 0 Å². The van der Waals surface area contributed by atoms with Gasteiger partial charge in [-0.05, 0) is 109 Å². The average Bonchev–Trinajstić information content (AvgIpc) is 1.58. The maximum atomic E-state index is 4.45. The molecular formula is C87H63Ir4N7-6. The van der Waals surface area contributed by atoms with Crippen molar-refractivity contribution in [1.82, 2.24) is 34.7 Å². The Kier molecular flexibility index (Phi) is 28.5. The molecular weight excluding hydrogens is 1910 g/mol. The summed E-state index contributed by atoms with van der Waals surface area (Å²) in [7, 11) is 0. The first kappa shape index (κ1) is 74.1. The minimum absolute atomic E-state index is 0. The quantitative estimate of drug-likeness (QED) is 0.148. The minimum atomic E-state index is 0. The maximum absolute atomic E-state index is 4.45. The van der Waals surface area contributed by atoms with E-state index in [9.17, 15) is 0 Å². The van der Waals surface area contributed by atoms with E-state index in [1.54, 1.807) is 24.8 Å². The second-order valence-corrected chi connectivity index (χ2v) is 22.1. The van der Waals surface area contributed by atoms with Crippen LogP contribution in [0.25, 0.3) is 106 Å². The minimum Gasteiger partial charge on any atom is -0.305 e. The van der Waals surface area contributed by atoms with E-state index < -0.39 is 0 Å². The summed E-state index contributed by atoms with van der Waals surface area (Å²) in [5, 5.41) is 9.07. The standard InChI is InChI=1S/C18H15N2.C17H12N.2C15H10N.2C11H8N.4Ir/c1-18(2)16-7-4-3-6-14(16)15-9-8-13(12-17(15)18)20-11-5-10-19-20;1-2-7-14(8-3-1)15-9-6-10-16(13-15)17-11-4-5-12-18-17;2*1-2-7-13(8-3-1)15-14-9-5-4-6-12(14)10-11-16-15;2*1-2-6-10(7-3-1)11-8-4-5-9-12-11;;;;/h3-7,9-12H,1-2H3;1-9,11-13H;2*1-7,9-11H;2*1-6,8-9H;;;;/q6*-1;;;;. The molecule has 1 aliphatic carbocycles. The molecule has 0 N–H and O–H groups in total. The summed E-state index contributed by atoms with van der Waals surface area (Å²) in [6, 6.07) is 120. The van der Waals surface area contributed by atoms with Crippen molar-refractivity contribution in [2.45, 2.75) is 19.3 Å². The predicted molar refractivity (Wildman–Crippen MR) is 383 cm³/mol. The fourth-order valence-corrected chi connectivity index (χ4v) is 11.0. The van der Waals surface area contributed by atoms with Crippen molar-refractivity contribution >= 4 is 21.5 Å². The Balaban J connectivity index is 0.000000150. The largest absolute Gasteiger partial charge is 0.305 e. The number of fused-ring (bicyclic) bond motifs is 5. The first-order valence-corrected chi connectivity index (χ1v) is 31.0. The van der Waals surface area contributed by atoms with Crippen LogP contribution in [0.4, 0.5) is 0 Å². The van der Waals surface area contributed by atoms with E-state index in [2.05, 4.69) is 165 Å². The fraction of sp³-hybridized carbons (Fsp3) is 0.0345. The van der Waals surface area contributed by atoms with Crippen molar-refractivity contribution < 1.29 is 80.4 Å². The van der Waals surface area contributed by atoms with Gasteiger partial charge in [-0.3, -0.25) is 4.68 Å². The van der Waals surface area contributed by atoms with E-state index in [1.165, 1.54) is 54.9 Å². The second kappa shape index (κ2) is 37.7. The van der Waals surface area contributed by atoms with Crippen molar-refractivity contribution in [1.29, 1.82) is 0 Å². The van der Waals surface area contributed by atoms with Crippen LogP contribution in [0.1, 0.15) is 25.0 Å². The maximum Gasteiger partial charge on any atom is 0.0493 e. The van der Waals surface area contributed by atoms with E-state index in [-0.39, 0.29) is 85.8 Å². The molecule has 0 atom stereocenters. The summed E-state index contributed by atoms with van der Waals surface area (Å²) in [5.74, 6) is 0. The Bertz CT molecular complexity index is 4640. The molecule has 0 saturated heterocycles. The molecule has 98 heavy (non-hydrogen) atoms. The van der Waals surface area contributed by atoms with Gasteiger partial charge < -0.3 is 24.9 Å². The van der Waals surface area contributed by atoms with Crippen LogP contribution in [-0.4, -0.2) is 34.7 Å². The Labute approximate surface area is 628 Å². The van der Waals surface area contributed by atoms with E-state index in [0.717, 1.165) is 62.0 Å². The van der Waals surface area contributed by atoms with Gasteiger partial charge in [0.15, 0.2) is 0 Å². The number of benzene rings is 10. The molecule has 0 aliphatic heterocycles. The molecule has 0 saturated carbocycles. The van der Waals surface area contributed by atoms with Crippen molar-refractivity contribution in [3.05, 3.63) is 394 Å². The molecule has 16 aromatic rings. The van der Waals surface area contributed by atoms with Crippen LogP contribution in [0.5, 0.6) is 0 Å². The Hall–Kier alpha value is -9.72. The third-order valence-electron chi connectivity index (χ3n) is 15.7. The van der Waals surface area contributed by atoms with E-state index in [0.29, 0.717) is 0 Å². The SMILES string of the molecule is CC1(C)c2ccccc2-c2c[c-]c(-n3cccn3)cc21.[Ir].[Ir].[Ir].[Ir].[c-]1ccc(-c2ccccc2)cc1-c1ccccn1.[c-]1ccccc1-c1ccccn1.[c-]1ccccc1-c1ccccn1.[c-]1ccccc1-c1nccc2ccccc12.[c-]1ccccc1-c1nccc2ccccc12. The summed E-state index contributed by atoms with van der Waals surface area (Å²) < 4.78 is 1.86. The number of nitrogens with zero attached hydrogens (tertiary/aromatic N) is 7. The molecule has 11 heteroatoms. The summed E-state index contributed by atoms with van der Waals surface area (Å²) >= 11 is 0. The number of rotatable bonds is 7. The molecule has 0 amide bonds. The fourth-order valence-electron chi connectivity index (χ4n) is 11.0. The van der Waals surface area contributed by atoms with Crippen molar-refractivity contribution in [3.63, 3.8) is 0 Å².